The number of pyridine rings is 1. The lowest BCUT2D eigenvalue weighted by molar-refractivity contribution is 0.0691. The van der Waals surface area contributed by atoms with Gasteiger partial charge in [-0.2, -0.15) is 0 Å². The van der Waals surface area contributed by atoms with Gasteiger partial charge < -0.3 is 14.9 Å². The summed E-state index contributed by atoms with van der Waals surface area (Å²) in [6.45, 7) is 4.60. The monoisotopic (exact) mass is 251 g/mol. The molecular weight excluding hydrogens is 230 g/mol. The summed E-state index contributed by atoms with van der Waals surface area (Å²) < 4.78 is 0. The SMILES string of the molecule is CCCN(CCN(C)C)c1cccnc1C(=O)O. The summed E-state index contributed by atoms with van der Waals surface area (Å²) in [6.07, 6.45) is 2.49. The minimum Gasteiger partial charge on any atom is -0.476 e. The number of likely N-dealkylation sites (N-methyl/N-ethyl adjacent to an activating group) is 1. The molecule has 0 saturated heterocycles. The summed E-state index contributed by atoms with van der Waals surface area (Å²) in [5.41, 5.74) is 0.832. The van der Waals surface area contributed by atoms with Crippen LogP contribution in [-0.4, -0.2) is 54.7 Å². The molecule has 0 aliphatic carbocycles. The van der Waals surface area contributed by atoms with Crippen LogP contribution in [0.5, 0.6) is 0 Å². The van der Waals surface area contributed by atoms with Crippen LogP contribution in [-0.2, 0) is 0 Å². The van der Waals surface area contributed by atoms with Crippen molar-refractivity contribution in [3.05, 3.63) is 24.0 Å². The van der Waals surface area contributed by atoms with E-state index in [1.54, 1.807) is 6.07 Å². The Balaban J connectivity index is 2.93. The number of anilines is 1. The highest BCUT2D eigenvalue weighted by Crippen LogP contribution is 2.18. The molecule has 0 aromatic carbocycles. The number of carboxylic acids is 1. The maximum absolute atomic E-state index is 11.2. The predicted molar refractivity (Wildman–Crippen MR) is 72.3 cm³/mol. The van der Waals surface area contributed by atoms with Crippen molar-refractivity contribution in [2.75, 3.05) is 38.6 Å². The zero-order valence-electron chi connectivity index (χ0n) is 11.3. The Bertz CT molecular complexity index is 394. The molecular formula is C13H21N3O2. The van der Waals surface area contributed by atoms with Gasteiger partial charge in [0.05, 0.1) is 5.69 Å². The molecule has 1 N–H and O–H groups in total. The molecule has 1 aromatic heterocycles. The summed E-state index contributed by atoms with van der Waals surface area (Å²) in [5, 5.41) is 9.16. The molecule has 5 heteroatoms. The molecule has 0 aliphatic heterocycles. The van der Waals surface area contributed by atoms with Crippen LogP contribution in [0.25, 0.3) is 0 Å². The second-order valence-corrected chi connectivity index (χ2v) is 4.47. The average molecular weight is 251 g/mol. The average Bonchev–Trinajstić information content (AvgIpc) is 2.34. The maximum Gasteiger partial charge on any atom is 0.356 e. The van der Waals surface area contributed by atoms with Gasteiger partial charge in [0.15, 0.2) is 5.69 Å². The molecule has 0 atom stereocenters. The zero-order valence-corrected chi connectivity index (χ0v) is 11.3. The van der Waals surface area contributed by atoms with Gasteiger partial charge >= 0.3 is 5.97 Å². The van der Waals surface area contributed by atoms with Gasteiger partial charge in [-0.25, -0.2) is 9.78 Å². The van der Waals surface area contributed by atoms with Crippen molar-refractivity contribution < 1.29 is 9.90 Å². The van der Waals surface area contributed by atoms with Gasteiger partial charge in [0, 0.05) is 25.8 Å². The Morgan fingerprint density at radius 1 is 1.33 bits per heavy atom. The van der Waals surface area contributed by atoms with Crippen molar-refractivity contribution in [1.29, 1.82) is 0 Å². The summed E-state index contributed by atoms with van der Waals surface area (Å²) in [6, 6.07) is 3.60. The van der Waals surface area contributed by atoms with E-state index >= 15 is 0 Å². The molecule has 0 bridgehead atoms. The quantitative estimate of drug-likeness (QED) is 0.797. The van der Waals surface area contributed by atoms with Gasteiger partial charge in [-0.15, -0.1) is 0 Å². The third kappa shape index (κ3) is 4.00. The van der Waals surface area contributed by atoms with Gasteiger partial charge in [0.1, 0.15) is 0 Å². The van der Waals surface area contributed by atoms with E-state index in [0.717, 1.165) is 26.1 Å². The third-order valence-corrected chi connectivity index (χ3v) is 2.64. The summed E-state index contributed by atoms with van der Waals surface area (Å²) in [4.78, 5) is 19.3. The summed E-state index contributed by atoms with van der Waals surface area (Å²) >= 11 is 0. The van der Waals surface area contributed by atoms with E-state index < -0.39 is 5.97 Å². The Kier molecular flexibility index (Phi) is 5.58. The third-order valence-electron chi connectivity index (χ3n) is 2.64. The zero-order chi connectivity index (χ0) is 13.5. The molecule has 1 rings (SSSR count). The van der Waals surface area contributed by atoms with E-state index in [1.165, 1.54) is 6.20 Å². The second kappa shape index (κ2) is 6.96. The highest BCUT2D eigenvalue weighted by Gasteiger charge is 2.16. The first-order valence-electron chi connectivity index (χ1n) is 6.14. The van der Waals surface area contributed by atoms with Crippen molar-refractivity contribution in [3.8, 4) is 0 Å². The Hall–Kier alpha value is -1.62. The summed E-state index contributed by atoms with van der Waals surface area (Å²) in [5.74, 6) is -0.975. The molecule has 1 aromatic rings. The number of nitrogens with zero attached hydrogens (tertiary/aromatic N) is 3. The number of aromatic nitrogens is 1. The molecule has 0 fully saturated rings. The lowest BCUT2D eigenvalue weighted by Gasteiger charge is -2.26. The number of carboxylic acid groups (broad SMARTS) is 1. The van der Waals surface area contributed by atoms with Crippen LogP contribution in [0.2, 0.25) is 0 Å². The lowest BCUT2D eigenvalue weighted by Crippen LogP contribution is -2.33. The predicted octanol–water partition coefficient (Wildman–Crippen LogP) is 1.56. The minimum absolute atomic E-state index is 0.129. The first-order chi connectivity index (χ1) is 8.56. The number of hydrogen-bond acceptors (Lipinski definition) is 4. The van der Waals surface area contributed by atoms with E-state index in [4.69, 9.17) is 5.11 Å². The van der Waals surface area contributed by atoms with E-state index in [2.05, 4.69) is 21.7 Å². The van der Waals surface area contributed by atoms with Crippen molar-refractivity contribution in [2.24, 2.45) is 0 Å². The van der Waals surface area contributed by atoms with Crippen LogP contribution in [0.4, 0.5) is 5.69 Å². The molecule has 0 aliphatic rings. The Morgan fingerprint density at radius 3 is 2.61 bits per heavy atom. The molecule has 100 valence electrons. The van der Waals surface area contributed by atoms with Gasteiger partial charge in [-0.1, -0.05) is 6.92 Å². The number of rotatable bonds is 7. The van der Waals surface area contributed by atoms with Crippen molar-refractivity contribution in [1.82, 2.24) is 9.88 Å². The molecule has 5 nitrogen and oxygen atoms in total. The van der Waals surface area contributed by atoms with Gasteiger partial charge in [0.2, 0.25) is 0 Å². The lowest BCUT2D eigenvalue weighted by atomic mass is 10.2. The fourth-order valence-corrected chi connectivity index (χ4v) is 1.76. The van der Waals surface area contributed by atoms with Gasteiger partial charge in [0.25, 0.3) is 0 Å². The first kappa shape index (κ1) is 14.4. The molecule has 1 heterocycles. The highest BCUT2D eigenvalue weighted by molar-refractivity contribution is 5.92. The van der Waals surface area contributed by atoms with Crippen molar-refractivity contribution >= 4 is 11.7 Å². The van der Waals surface area contributed by atoms with Crippen molar-refractivity contribution in [2.45, 2.75) is 13.3 Å². The topological polar surface area (TPSA) is 56.7 Å². The maximum atomic E-state index is 11.2. The standard InChI is InChI=1S/C13H21N3O2/c1-4-8-16(10-9-15(2)3)11-6-5-7-14-12(11)13(17)18/h5-7H,4,8-10H2,1-3H3,(H,17,18). The Morgan fingerprint density at radius 2 is 2.06 bits per heavy atom. The van der Waals surface area contributed by atoms with Crippen LogP contribution in [0.1, 0.15) is 23.8 Å². The van der Waals surface area contributed by atoms with Crippen LogP contribution in [0.3, 0.4) is 0 Å². The smallest absolute Gasteiger partial charge is 0.356 e. The second-order valence-electron chi connectivity index (χ2n) is 4.47. The number of carbonyl (C=O) groups is 1. The van der Waals surface area contributed by atoms with Gasteiger partial charge in [-0.3, -0.25) is 0 Å². The van der Waals surface area contributed by atoms with Crippen LogP contribution >= 0.6 is 0 Å². The molecule has 0 unspecified atom stereocenters. The first-order valence-corrected chi connectivity index (χ1v) is 6.14. The van der Waals surface area contributed by atoms with E-state index in [9.17, 15) is 4.79 Å². The fourth-order valence-electron chi connectivity index (χ4n) is 1.76. The fraction of sp³-hybridized carbons (Fsp3) is 0.538. The van der Waals surface area contributed by atoms with Crippen LogP contribution in [0.15, 0.2) is 18.3 Å². The largest absolute Gasteiger partial charge is 0.476 e. The Labute approximate surface area is 108 Å². The van der Waals surface area contributed by atoms with E-state index in [0.29, 0.717) is 5.69 Å². The van der Waals surface area contributed by atoms with Crippen LogP contribution in [0, 0.1) is 0 Å². The molecule has 0 spiro atoms. The highest BCUT2D eigenvalue weighted by atomic mass is 16.4. The normalized spacial score (nSPS) is 10.7. The molecule has 0 amide bonds. The van der Waals surface area contributed by atoms with Crippen molar-refractivity contribution in [3.63, 3.8) is 0 Å². The van der Waals surface area contributed by atoms with Crippen LogP contribution < -0.4 is 4.90 Å². The minimum atomic E-state index is -0.975. The number of aromatic carboxylic acids is 1. The van der Waals surface area contributed by atoms with Gasteiger partial charge in [-0.05, 0) is 32.6 Å². The van der Waals surface area contributed by atoms with E-state index in [-0.39, 0.29) is 5.69 Å². The molecule has 18 heavy (non-hydrogen) atoms. The van der Waals surface area contributed by atoms with E-state index in [1.807, 2.05) is 20.2 Å². The molecule has 0 radical (unpaired) electrons. The summed E-state index contributed by atoms with van der Waals surface area (Å²) in [7, 11) is 4.01. The molecule has 0 saturated carbocycles. The number of hydrogen-bond donors (Lipinski definition) is 1.